The fourth-order valence-electron chi connectivity index (χ4n) is 3.07. The summed E-state index contributed by atoms with van der Waals surface area (Å²) in [6.07, 6.45) is 5.95. The van der Waals surface area contributed by atoms with E-state index in [4.69, 9.17) is 0 Å². The number of hydrogen-bond donors (Lipinski definition) is 1. The first-order valence-corrected chi connectivity index (χ1v) is 6.70. The van der Waals surface area contributed by atoms with E-state index in [1.807, 2.05) is 0 Å². The third-order valence-corrected chi connectivity index (χ3v) is 4.35. The van der Waals surface area contributed by atoms with Crippen molar-refractivity contribution in [3.05, 3.63) is 0 Å². The molecule has 3 nitrogen and oxygen atoms in total. The first kappa shape index (κ1) is 11.9. The molecule has 2 fully saturated rings. The molecule has 2 aliphatic rings. The van der Waals surface area contributed by atoms with Crippen molar-refractivity contribution in [2.45, 2.75) is 52.0 Å². The van der Waals surface area contributed by atoms with Crippen LogP contribution in [0, 0.1) is 5.41 Å². The molecule has 0 bridgehead atoms. The van der Waals surface area contributed by atoms with E-state index in [0.29, 0.717) is 11.9 Å². The average Bonchev–Trinajstić information content (AvgIpc) is 2.85. The Morgan fingerprint density at radius 2 is 2.31 bits per heavy atom. The predicted octanol–water partition coefficient (Wildman–Crippen LogP) is 1.78. The normalized spacial score (nSPS) is 32.2. The molecule has 0 saturated carbocycles. The van der Waals surface area contributed by atoms with E-state index in [1.165, 1.54) is 19.3 Å². The van der Waals surface area contributed by atoms with Crippen LogP contribution in [0.3, 0.4) is 0 Å². The highest BCUT2D eigenvalue weighted by atomic mass is 16.2. The second kappa shape index (κ2) is 4.74. The van der Waals surface area contributed by atoms with E-state index in [1.54, 1.807) is 0 Å². The first-order chi connectivity index (χ1) is 7.68. The zero-order valence-corrected chi connectivity index (χ0v) is 10.6. The topological polar surface area (TPSA) is 32.3 Å². The molecule has 2 saturated heterocycles. The Labute approximate surface area is 98.6 Å². The van der Waals surface area contributed by atoms with E-state index in [9.17, 15) is 4.79 Å². The summed E-state index contributed by atoms with van der Waals surface area (Å²) in [7, 11) is 0. The minimum absolute atomic E-state index is 0.0273. The molecule has 16 heavy (non-hydrogen) atoms. The maximum atomic E-state index is 11.8. The quantitative estimate of drug-likeness (QED) is 0.789. The SMILES string of the molecule is CCCCC(C)N1CCC2(CCNC2=O)C1. The van der Waals surface area contributed by atoms with E-state index in [0.717, 1.165) is 32.5 Å². The summed E-state index contributed by atoms with van der Waals surface area (Å²) in [6.45, 7) is 7.53. The molecule has 0 radical (unpaired) electrons. The Bertz CT molecular complexity index is 267. The van der Waals surface area contributed by atoms with Crippen molar-refractivity contribution in [2.24, 2.45) is 5.41 Å². The maximum Gasteiger partial charge on any atom is 0.227 e. The summed E-state index contributed by atoms with van der Waals surface area (Å²) in [5.74, 6) is 0.303. The molecule has 0 aliphatic carbocycles. The standard InChI is InChI=1S/C13H24N2O/c1-3-4-5-11(2)15-9-7-13(10-15)6-8-14-12(13)16/h11H,3-10H2,1-2H3,(H,14,16). The smallest absolute Gasteiger partial charge is 0.227 e. The van der Waals surface area contributed by atoms with Crippen molar-refractivity contribution < 1.29 is 4.79 Å². The fourth-order valence-corrected chi connectivity index (χ4v) is 3.07. The number of amides is 1. The third-order valence-electron chi connectivity index (χ3n) is 4.35. The third kappa shape index (κ3) is 2.10. The summed E-state index contributed by atoms with van der Waals surface area (Å²) >= 11 is 0. The van der Waals surface area contributed by atoms with Gasteiger partial charge in [0, 0.05) is 19.1 Å². The van der Waals surface area contributed by atoms with E-state index in [2.05, 4.69) is 24.1 Å². The molecule has 2 heterocycles. The molecule has 2 aliphatic heterocycles. The van der Waals surface area contributed by atoms with Gasteiger partial charge in [-0.1, -0.05) is 19.8 Å². The van der Waals surface area contributed by atoms with Crippen LogP contribution in [-0.2, 0) is 4.79 Å². The molecule has 0 aromatic rings. The minimum atomic E-state index is -0.0273. The number of nitrogens with one attached hydrogen (secondary N) is 1. The molecule has 3 heteroatoms. The van der Waals surface area contributed by atoms with Gasteiger partial charge in [0.05, 0.1) is 5.41 Å². The van der Waals surface area contributed by atoms with Gasteiger partial charge in [-0.15, -0.1) is 0 Å². The lowest BCUT2D eigenvalue weighted by molar-refractivity contribution is -0.127. The van der Waals surface area contributed by atoms with Gasteiger partial charge in [0.15, 0.2) is 0 Å². The number of unbranched alkanes of at least 4 members (excludes halogenated alkanes) is 1. The van der Waals surface area contributed by atoms with Gasteiger partial charge in [0.25, 0.3) is 0 Å². The number of rotatable bonds is 4. The summed E-state index contributed by atoms with van der Waals surface area (Å²) < 4.78 is 0. The lowest BCUT2D eigenvalue weighted by atomic mass is 9.86. The van der Waals surface area contributed by atoms with Gasteiger partial charge in [-0.2, -0.15) is 0 Å². The van der Waals surface area contributed by atoms with Crippen LogP contribution in [0.2, 0.25) is 0 Å². The van der Waals surface area contributed by atoms with Crippen molar-refractivity contribution in [1.29, 1.82) is 0 Å². The molecule has 1 amide bonds. The highest BCUT2D eigenvalue weighted by Gasteiger charge is 2.47. The highest BCUT2D eigenvalue weighted by molar-refractivity contribution is 5.85. The second-order valence-corrected chi connectivity index (χ2v) is 5.50. The van der Waals surface area contributed by atoms with Crippen molar-refractivity contribution in [1.82, 2.24) is 10.2 Å². The lowest BCUT2D eigenvalue weighted by Gasteiger charge is -2.26. The van der Waals surface area contributed by atoms with E-state index >= 15 is 0 Å². The zero-order chi connectivity index (χ0) is 11.6. The fraction of sp³-hybridized carbons (Fsp3) is 0.923. The predicted molar refractivity (Wildman–Crippen MR) is 65.2 cm³/mol. The zero-order valence-electron chi connectivity index (χ0n) is 10.6. The molecule has 92 valence electrons. The molecule has 0 aromatic carbocycles. The van der Waals surface area contributed by atoms with Crippen LogP contribution in [0.1, 0.15) is 46.0 Å². The van der Waals surface area contributed by atoms with Gasteiger partial charge in [-0.05, 0) is 32.7 Å². The Kier molecular flexibility index (Phi) is 3.53. The second-order valence-electron chi connectivity index (χ2n) is 5.50. The van der Waals surface area contributed by atoms with Crippen molar-refractivity contribution in [3.63, 3.8) is 0 Å². The number of nitrogens with zero attached hydrogens (tertiary/aromatic N) is 1. The van der Waals surface area contributed by atoms with Gasteiger partial charge in [0.1, 0.15) is 0 Å². The van der Waals surface area contributed by atoms with Gasteiger partial charge in [-0.3, -0.25) is 9.69 Å². The minimum Gasteiger partial charge on any atom is -0.356 e. The molecule has 2 rings (SSSR count). The molecule has 1 N–H and O–H groups in total. The lowest BCUT2D eigenvalue weighted by Crippen LogP contribution is -2.37. The van der Waals surface area contributed by atoms with E-state index < -0.39 is 0 Å². The Hall–Kier alpha value is -0.570. The van der Waals surface area contributed by atoms with Crippen molar-refractivity contribution >= 4 is 5.91 Å². The van der Waals surface area contributed by atoms with Crippen LogP contribution < -0.4 is 5.32 Å². The molecule has 2 unspecified atom stereocenters. The summed E-state index contributed by atoms with van der Waals surface area (Å²) in [5, 5.41) is 2.99. The first-order valence-electron chi connectivity index (χ1n) is 6.70. The number of carbonyl (C=O) groups excluding carboxylic acids is 1. The van der Waals surface area contributed by atoms with Crippen LogP contribution in [0.5, 0.6) is 0 Å². The largest absolute Gasteiger partial charge is 0.356 e. The highest BCUT2D eigenvalue weighted by Crippen LogP contribution is 2.38. The Morgan fingerprint density at radius 1 is 1.50 bits per heavy atom. The summed E-state index contributed by atoms with van der Waals surface area (Å²) in [4.78, 5) is 14.4. The Balaban J connectivity index is 1.89. The summed E-state index contributed by atoms with van der Waals surface area (Å²) in [6, 6.07) is 0.646. The molecular weight excluding hydrogens is 200 g/mol. The number of likely N-dealkylation sites (tertiary alicyclic amines) is 1. The van der Waals surface area contributed by atoms with Gasteiger partial charge in [-0.25, -0.2) is 0 Å². The van der Waals surface area contributed by atoms with Gasteiger partial charge in [0.2, 0.25) is 5.91 Å². The van der Waals surface area contributed by atoms with Crippen molar-refractivity contribution in [3.8, 4) is 0 Å². The van der Waals surface area contributed by atoms with Crippen molar-refractivity contribution in [2.75, 3.05) is 19.6 Å². The van der Waals surface area contributed by atoms with Crippen LogP contribution in [0.4, 0.5) is 0 Å². The molecular formula is C13H24N2O. The average molecular weight is 224 g/mol. The number of hydrogen-bond acceptors (Lipinski definition) is 2. The van der Waals surface area contributed by atoms with Gasteiger partial charge >= 0.3 is 0 Å². The van der Waals surface area contributed by atoms with Crippen LogP contribution in [0.25, 0.3) is 0 Å². The molecule has 1 spiro atoms. The number of carbonyl (C=O) groups is 1. The maximum absolute atomic E-state index is 11.8. The molecule has 2 atom stereocenters. The molecule has 0 aromatic heterocycles. The Morgan fingerprint density at radius 3 is 2.94 bits per heavy atom. The van der Waals surface area contributed by atoms with Gasteiger partial charge < -0.3 is 5.32 Å². The monoisotopic (exact) mass is 224 g/mol. The van der Waals surface area contributed by atoms with E-state index in [-0.39, 0.29) is 5.41 Å². The van der Waals surface area contributed by atoms with Crippen LogP contribution in [-0.4, -0.2) is 36.5 Å². The van der Waals surface area contributed by atoms with Crippen LogP contribution in [0.15, 0.2) is 0 Å². The van der Waals surface area contributed by atoms with Crippen LogP contribution >= 0.6 is 0 Å². The summed E-state index contributed by atoms with van der Waals surface area (Å²) in [5.41, 5.74) is -0.0273.